The second kappa shape index (κ2) is 4.09. The summed E-state index contributed by atoms with van der Waals surface area (Å²) in [4.78, 5) is 13.1. The number of benzene rings is 1. The molecule has 0 radical (unpaired) electrons. The number of carbonyl (C=O) groups is 1. The molecule has 0 heterocycles. The van der Waals surface area contributed by atoms with Crippen molar-refractivity contribution in [1.29, 1.82) is 0 Å². The van der Waals surface area contributed by atoms with Gasteiger partial charge in [-0.15, -0.1) is 0 Å². The Kier molecular flexibility index (Phi) is 3.08. The Morgan fingerprint density at radius 3 is 2.23 bits per heavy atom. The van der Waals surface area contributed by atoms with Crippen LogP contribution in [0.1, 0.15) is 0 Å². The molecule has 1 aromatic rings. The highest BCUT2D eigenvalue weighted by Crippen LogP contribution is 2.11. The van der Waals surface area contributed by atoms with Gasteiger partial charge in [-0.25, -0.2) is 4.79 Å². The molecule has 0 aliphatic rings. The number of nitrogens with zero attached hydrogens (tertiary/aromatic N) is 2. The second-order valence-electron chi connectivity index (χ2n) is 3.07. The van der Waals surface area contributed by atoms with Gasteiger partial charge in [0.15, 0.2) is 0 Å². The van der Waals surface area contributed by atoms with E-state index in [1.54, 1.807) is 23.6 Å². The molecule has 4 heteroatoms. The van der Waals surface area contributed by atoms with Crippen LogP contribution in [0, 0.1) is 0 Å². The lowest BCUT2D eigenvalue weighted by atomic mass is 10.3. The number of anilines is 1. The molecule has 0 aliphatic heterocycles. The molecule has 13 heavy (non-hydrogen) atoms. The first kappa shape index (κ1) is 9.79. The molecule has 0 fully saturated rings. The summed E-state index contributed by atoms with van der Waals surface area (Å²) in [7, 11) is 4.22. The number of amides is 2. The van der Waals surface area contributed by atoms with Gasteiger partial charge in [0.1, 0.15) is 10.4 Å². The van der Waals surface area contributed by atoms with Gasteiger partial charge in [0.05, 0.1) is 0 Å². The van der Waals surface area contributed by atoms with E-state index < -0.39 is 0 Å². The largest absolute Gasteiger partial charge is 0.332 e. The summed E-state index contributed by atoms with van der Waals surface area (Å²) in [6.07, 6.45) is 0. The van der Waals surface area contributed by atoms with Crippen molar-refractivity contribution in [3.05, 3.63) is 30.3 Å². The average molecular weight is 194 g/mol. The molecule has 70 valence electrons. The third kappa shape index (κ3) is 2.32. The average Bonchev–Trinajstić information content (AvgIpc) is 2.17. The third-order valence-electron chi connectivity index (χ3n) is 1.81. The van der Waals surface area contributed by atoms with Crippen LogP contribution in [-0.2, 0) is 0 Å². The Labute approximate surface area is 81.5 Å². The van der Waals surface area contributed by atoms with E-state index in [1.165, 1.54) is 0 Å². The van der Waals surface area contributed by atoms with Gasteiger partial charge in [-0.3, -0.25) is 0 Å². The number of hydrogen-bond acceptors (Lipinski definition) is 1. The fourth-order valence-electron chi connectivity index (χ4n) is 1.06. The summed E-state index contributed by atoms with van der Waals surface area (Å²) < 4.78 is 1.75. The van der Waals surface area contributed by atoms with E-state index >= 15 is 0 Å². The van der Waals surface area contributed by atoms with Crippen molar-refractivity contribution in [2.75, 3.05) is 18.7 Å². The second-order valence-corrected chi connectivity index (χ2v) is 3.97. The molecule has 2 amide bonds. The summed E-state index contributed by atoms with van der Waals surface area (Å²) in [6.45, 7) is 0. The van der Waals surface area contributed by atoms with Gasteiger partial charge in [0, 0.05) is 19.8 Å². The highest BCUT2D eigenvalue weighted by Gasteiger charge is 2.10. The van der Waals surface area contributed by atoms with Crippen LogP contribution in [0.4, 0.5) is 10.5 Å². The standard InChI is InChI=1S/C9H14N2OSi/c1-10(2)9(12)11(13)8-6-4-3-5-7-8/h3-7H,1-2,13H3. The summed E-state index contributed by atoms with van der Waals surface area (Å²) in [5.41, 5.74) is 0.966. The van der Waals surface area contributed by atoms with Gasteiger partial charge >= 0.3 is 6.03 Å². The zero-order valence-electron chi connectivity index (χ0n) is 8.19. The predicted octanol–water partition coefficient (Wildman–Crippen LogP) is 0.455. The molecular formula is C9H14N2OSi. The van der Waals surface area contributed by atoms with Crippen molar-refractivity contribution in [3.63, 3.8) is 0 Å². The van der Waals surface area contributed by atoms with Crippen molar-refractivity contribution >= 4 is 22.1 Å². The van der Waals surface area contributed by atoms with Gasteiger partial charge in [0.2, 0.25) is 0 Å². The van der Waals surface area contributed by atoms with E-state index in [4.69, 9.17) is 0 Å². The SMILES string of the molecule is CN(C)C(=O)N([SiH3])c1ccccc1. The monoisotopic (exact) mass is 194 g/mol. The van der Waals surface area contributed by atoms with Gasteiger partial charge in [-0.05, 0) is 12.1 Å². The first-order chi connectivity index (χ1) is 6.13. The maximum atomic E-state index is 11.5. The minimum Gasteiger partial charge on any atom is -0.332 e. The normalized spacial score (nSPS) is 9.69. The zero-order chi connectivity index (χ0) is 9.84. The van der Waals surface area contributed by atoms with Crippen molar-refractivity contribution in [2.45, 2.75) is 0 Å². The van der Waals surface area contributed by atoms with E-state index in [1.807, 2.05) is 30.3 Å². The molecule has 0 aliphatic carbocycles. The van der Waals surface area contributed by atoms with Crippen molar-refractivity contribution in [3.8, 4) is 0 Å². The lowest BCUT2D eigenvalue weighted by Gasteiger charge is -2.22. The number of urea groups is 1. The Balaban J connectivity index is 2.80. The van der Waals surface area contributed by atoms with Crippen LogP contribution in [-0.4, -0.2) is 35.4 Å². The molecule has 3 nitrogen and oxygen atoms in total. The van der Waals surface area contributed by atoms with Crippen molar-refractivity contribution < 1.29 is 4.79 Å². The predicted molar refractivity (Wildman–Crippen MR) is 57.9 cm³/mol. The van der Waals surface area contributed by atoms with Crippen LogP contribution >= 0.6 is 0 Å². The fourth-order valence-corrected chi connectivity index (χ4v) is 1.76. The molecule has 0 saturated carbocycles. The minimum atomic E-state index is 0.0397. The molecule has 0 spiro atoms. The van der Waals surface area contributed by atoms with Gasteiger partial charge in [-0.1, -0.05) is 18.2 Å². The van der Waals surface area contributed by atoms with Crippen LogP contribution in [0.2, 0.25) is 0 Å². The zero-order valence-corrected chi connectivity index (χ0v) is 10.2. The van der Waals surface area contributed by atoms with Crippen LogP contribution in [0.3, 0.4) is 0 Å². The molecular weight excluding hydrogens is 180 g/mol. The molecule has 1 aromatic carbocycles. The van der Waals surface area contributed by atoms with Gasteiger partial charge in [-0.2, -0.15) is 0 Å². The van der Waals surface area contributed by atoms with E-state index in [0.29, 0.717) is 10.4 Å². The van der Waals surface area contributed by atoms with Crippen LogP contribution < -0.4 is 4.57 Å². The Morgan fingerprint density at radius 1 is 1.23 bits per heavy atom. The number of carbonyl (C=O) groups excluding carboxylic acids is 1. The Hall–Kier alpha value is -1.29. The van der Waals surface area contributed by atoms with Crippen LogP contribution in [0.15, 0.2) is 30.3 Å². The van der Waals surface area contributed by atoms with Crippen molar-refractivity contribution in [2.24, 2.45) is 0 Å². The molecule has 0 saturated heterocycles. The first-order valence-corrected chi connectivity index (χ1v) is 5.02. The van der Waals surface area contributed by atoms with Crippen molar-refractivity contribution in [1.82, 2.24) is 4.90 Å². The van der Waals surface area contributed by atoms with E-state index in [0.717, 1.165) is 5.69 Å². The maximum absolute atomic E-state index is 11.5. The summed E-state index contributed by atoms with van der Waals surface area (Å²) >= 11 is 0. The fraction of sp³-hybridized carbons (Fsp3) is 0.222. The van der Waals surface area contributed by atoms with Gasteiger partial charge in [0.25, 0.3) is 0 Å². The topological polar surface area (TPSA) is 23.6 Å². The lowest BCUT2D eigenvalue weighted by Crippen LogP contribution is -2.37. The lowest BCUT2D eigenvalue weighted by molar-refractivity contribution is 0.227. The number of hydrogen-bond donors (Lipinski definition) is 0. The van der Waals surface area contributed by atoms with Crippen LogP contribution in [0.5, 0.6) is 0 Å². The highest BCUT2D eigenvalue weighted by molar-refractivity contribution is 6.30. The van der Waals surface area contributed by atoms with Gasteiger partial charge < -0.3 is 9.47 Å². The smallest absolute Gasteiger partial charge is 0.315 e. The number of para-hydroxylation sites is 1. The maximum Gasteiger partial charge on any atom is 0.315 e. The summed E-state index contributed by atoms with van der Waals surface area (Å²) in [6, 6.07) is 9.73. The molecule has 0 bridgehead atoms. The van der Waals surface area contributed by atoms with E-state index in [-0.39, 0.29) is 6.03 Å². The summed E-state index contributed by atoms with van der Waals surface area (Å²) in [5.74, 6) is 0. The number of rotatable bonds is 1. The molecule has 0 unspecified atom stereocenters. The Bertz CT molecular complexity index is 287. The van der Waals surface area contributed by atoms with Crippen LogP contribution in [0.25, 0.3) is 0 Å². The molecule has 0 N–H and O–H groups in total. The van der Waals surface area contributed by atoms with E-state index in [9.17, 15) is 4.79 Å². The highest BCUT2D eigenvalue weighted by atomic mass is 28.2. The first-order valence-electron chi connectivity index (χ1n) is 4.13. The molecule has 0 aromatic heterocycles. The molecule has 1 rings (SSSR count). The Morgan fingerprint density at radius 2 is 1.77 bits per heavy atom. The molecule has 0 atom stereocenters. The summed E-state index contributed by atoms with van der Waals surface area (Å²) in [5, 5.41) is 0. The minimum absolute atomic E-state index is 0.0397. The quantitative estimate of drug-likeness (QED) is 0.596. The third-order valence-corrected chi connectivity index (χ3v) is 2.71. The van der Waals surface area contributed by atoms with E-state index in [2.05, 4.69) is 0 Å².